The molecule has 2 fully saturated rings. The van der Waals surface area contributed by atoms with E-state index in [1.807, 2.05) is 51.1 Å². The van der Waals surface area contributed by atoms with Gasteiger partial charge >= 0.3 is 12.1 Å². The van der Waals surface area contributed by atoms with Crippen molar-refractivity contribution in [2.45, 2.75) is 57.7 Å². The zero-order chi connectivity index (χ0) is 21.2. The van der Waals surface area contributed by atoms with Gasteiger partial charge in [-0.05, 0) is 51.5 Å². The second-order valence-corrected chi connectivity index (χ2v) is 8.76. The third kappa shape index (κ3) is 5.08. The number of amides is 2. The summed E-state index contributed by atoms with van der Waals surface area (Å²) >= 11 is 0. The van der Waals surface area contributed by atoms with Crippen molar-refractivity contribution in [1.29, 1.82) is 0 Å². The van der Waals surface area contributed by atoms with Gasteiger partial charge in [0, 0.05) is 6.54 Å². The van der Waals surface area contributed by atoms with E-state index in [1.165, 1.54) is 12.0 Å². The van der Waals surface area contributed by atoms with Crippen molar-refractivity contribution in [3.05, 3.63) is 35.9 Å². The van der Waals surface area contributed by atoms with Crippen molar-refractivity contribution in [3.63, 3.8) is 0 Å². The quantitative estimate of drug-likeness (QED) is 0.765. The normalized spacial score (nSPS) is 24.6. The zero-order valence-electron chi connectivity index (χ0n) is 17.5. The van der Waals surface area contributed by atoms with E-state index >= 15 is 0 Å². The van der Waals surface area contributed by atoms with Gasteiger partial charge in [-0.2, -0.15) is 0 Å². The molecule has 0 unspecified atom stereocenters. The smallest absolute Gasteiger partial charge is 0.410 e. The van der Waals surface area contributed by atoms with Gasteiger partial charge in [0.05, 0.1) is 19.1 Å². The van der Waals surface area contributed by atoms with Crippen LogP contribution in [0.4, 0.5) is 4.79 Å². The van der Waals surface area contributed by atoms with Gasteiger partial charge in [-0.15, -0.1) is 0 Å². The van der Waals surface area contributed by atoms with Crippen molar-refractivity contribution in [1.82, 2.24) is 10.2 Å². The van der Waals surface area contributed by atoms with Crippen LogP contribution in [-0.4, -0.2) is 48.2 Å². The molecule has 1 aliphatic carbocycles. The highest BCUT2D eigenvalue weighted by atomic mass is 16.6. The maximum absolute atomic E-state index is 13.1. The number of nitrogens with zero attached hydrogens (tertiary/aromatic N) is 1. The Hall–Kier alpha value is -2.57. The van der Waals surface area contributed by atoms with E-state index in [9.17, 15) is 14.4 Å². The zero-order valence-corrected chi connectivity index (χ0v) is 17.5. The molecule has 3 rings (SSSR count). The monoisotopic (exact) mass is 402 g/mol. The number of carbonyl (C=O) groups is 3. The number of likely N-dealkylation sites (tertiary alicyclic amines) is 1. The number of hydrogen-bond acceptors (Lipinski definition) is 5. The molecule has 0 radical (unpaired) electrons. The number of rotatable bonds is 5. The summed E-state index contributed by atoms with van der Waals surface area (Å²) in [5.41, 5.74) is 0.328. The van der Waals surface area contributed by atoms with Crippen LogP contribution in [0.2, 0.25) is 0 Å². The molecular formula is C22H30N2O5. The number of methoxy groups -OCH3 is 1. The average molecular weight is 402 g/mol. The lowest BCUT2D eigenvalue weighted by Crippen LogP contribution is -2.48. The first-order valence-electron chi connectivity index (χ1n) is 10.1. The van der Waals surface area contributed by atoms with Crippen molar-refractivity contribution < 1.29 is 23.9 Å². The highest BCUT2D eigenvalue weighted by molar-refractivity contribution is 5.87. The van der Waals surface area contributed by atoms with E-state index in [2.05, 4.69) is 5.32 Å². The Morgan fingerprint density at radius 1 is 1.17 bits per heavy atom. The van der Waals surface area contributed by atoms with Crippen LogP contribution < -0.4 is 5.32 Å². The first-order chi connectivity index (χ1) is 13.7. The molecule has 0 spiro atoms. The van der Waals surface area contributed by atoms with Crippen LogP contribution in [0.3, 0.4) is 0 Å². The first-order valence-corrected chi connectivity index (χ1v) is 10.1. The number of nitrogens with one attached hydrogen (secondary N) is 1. The van der Waals surface area contributed by atoms with Gasteiger partial charge in [-0.25, -0.2) is 4.79 Å². The van der Waals surface area contributed by atoms with Crippen molar-refractivity contribution in [2.24, 2.45) is 11.8 Å². The summed E-state index contributed by atoms with van der Waals surface area (Å²) in [6, 6.07) is 8.75. The highest BCUT2D eigenvalue weighted by Crippen LogP contribution is 2.48. The van der Waals surface area contributed by atoms with Crippen molar-refractivity contribution in [3.8, 4) is 0 Å². The fraction of sp³-hybridized carbons (Fsp3) is 0.591. The molecule has 7 heteroatoms. The summed E-state index contributed by atoms with van der Waals surface area (Å²) < 4.78 is 10.3. The van der Waals surface area contributed by atoms with Gasteiger partial charge in [0.2, 0.25) is 5.91 Å². The van der Waals surface area contributed by atoms with Gasteiger partial charge in [0.1, 0.15) is 11.6 Å². The largest absolute Gasteiger partial charge is 0.469 e. The molecule has 1 aromatic carbocycles. The minimum absolute atomic E-state index is 0.00909. The Morgan fingerprint density at radius 2 is 1.86 bits per heavy atom. The van der Waals surface area contributed by atoms with Gasteiger partial charge in [0.15, 0.2) is 0 Å². The summed E-state index contributed by atoms with van der Waals surface area (Å²) in [5, 5.41) is 3.10. The molecule has 1 N–H and O–H groups in total. The van der Waals surface area contributed by atoms with Crippen molar-refractivity contribution in [2.75, 3.05) is 13.7 Å². The van der Waals surface area contributed by atoms with Crippen LogP contribution >= 0.6 is 0 Å². The topological polar surface area (TPSA) is 84.9 Å². The Kier molecular flexibility index (Phi) is 6.15. The van der Waals surface area contributed by atoms with E-state index in [-0.39, 0.29) is 29.8 Å². The lowest BCUT2D eigenvalue weighted by molar-refractivity contribution is -0.142. The van der Waals surface area contributed by atoms with Gasteiger partial charge in [0.25, 0.3) is 0 Å². The van der Waals surface area contributed by atoms with Gasteiger partial charge < -0.3 is 14.8 Å². The molecule has 0 aromatic heterocycles. The minimum atomic E-state index is -0.616. The van der Waals surface area contributed by atoms with Gasteiger partial charge in [-0.1, -0.05) is 30.3 Å². The number of hydrogen-bond donors (Lipinski definition) is 1. The molecule has 1 aromatic rings. The third-order valence-corrected chi connectivity index (χ3v) is 5.41. The number of ether oxygens (including phenoxy) is 2. The molecule has 2 aliphatic rings. The Bertz CT molecular complexity index is 758. The second kappa shape index (κ2) is 8.43. The average Bonchev–Trinajstić information content (AvgIpc) is 3.30. The molecule has 1 heterocycles. The van der Waals surface area contributed by atoms with E-state index < -0.39 is 17.7 Å². The molecule has 1 saturated carbocycles. The van der Waals surface area contributed by atoms with Crippen LogP contribution in [0.25, 0.3) is 0 Å². The lowest BCUT2D eigenvalue weighted by atomic mass is 10.00. The number of carbonyl (C=O) groups excluding carboxylic acids is 3. The summed E-state index contributed by atoms with van der Waals surface area (Å²) in [5.74, 6) is -0.680. The molecule has 0 bridgehead atoms. The maximum atomic E-state index is 13.1. The predicted octanol–water partition coefficient (Wildman–Crippen LogP) is 3.05. The van der Waals surface area contributed by atoms with E-state index in [4.69, 9.17) is 9.47 Å². The van der Waals surface area contributed by atoms with E-state index in [0.29, 0.717) is 19.4 Å². The summed E-state index contributed by atoms with van der Waals surface area (Å²) in [7, 11) is 1.38. The van der Waals surface area contributed by atoms with Crippen LogP contribution in [-0.2, 0) is 19.1 Å². The molecule has 4 atom stereocenters. The van der Waals surface area contributed by atoms with E-state index in [0.717, 1.165) is 12.0 Å². The fourth-order valence-corrected chi connectivity index (χ4v) is 3.93. The summed E-state index contributed by atoms with van der Waals surface area (Å²) in [6.45, 7) is 5.92. The maximum Gasteiger partial charge on any atom is 0.410 e. The Balaban J connectivity index is 1.73. The van der Waals surface area contributed by atoms with Crippen LogP contribution in [0, 0.1) is 11.8 Å². The fourth-order valence-electron chi connectivity index (χ4n) is 3.93. The van der Waals surface area contributed by atoms with E-state index in [1.54, 1.807) is 0 Å². The van der Waals surface area contributed by atoms with Crippen LogP contribution in [0.15, 0.2) is 30.3 Å². The minimum Gasteiger partial charge on any atom is -0.469 e. The summed E-state index contributed by atoms with van der Waals surface area (Å²) in [4.78, 5) is 39.1. The predicted molar refractivity (Wildman–Crippen MR) is 107 cm³/mol. The first kappa shape index (κ1) is 21.1. The summed E-state index contributed by atoms with van der Waals surface area (Å²) in [6.07, 6.45) is 1.55. The SMILES string of the molecule is COC(=O)[C@H]1C[C@@H]1[C@H](NC(=O)[C@@H]1CCCN1C(=O)OC(C)(C)C)c1ccccc1. The Labute approximate surface area is 171 Å². The molecule has 2 amide bonds. The van der Waals surface area contributed by atoms with Crippen molar-refractivity contribution >= 4 is 18.0 Å². The Morgan fingerprint density at radius 3 is 2.48 bits per heavy atom. The molecule has 29 heavy (non-hydrogen) atoms. The second-order valence-electron chi connectivity index (χ2n) is 8.76. The standard InChI is InChI=1S/C22H30N2O5/c1-22(2,3)29-21(27)24-12-8-11-17(24)19(25)23-18(14-9-6-5-7-10-14)15-13-16(15)20(26)28-4/h5-7,9-10,15-18H,8,11-13H2,1-4H3,(H,23,25)/t15-,16-,17-,18+/m0/s1. The van der Waals surface area contributed by atoms with Gasteiger partial charge in [-0.3, -0.25) is 14.5 Å². The lowest BCUT2D eigenvalue weighted by Gasteiger charge is -2.29. The molecule has 7 nitrogen and oxygen atoms in total. The van der Waals surface area contributed by atoms with Crippen LogP contribution in [0.1, 0.15) is 51.6 Å². The third-order valence-electron chi connectivity index (χ3n) is 5.41. The molecule has 158 valence electrons. The highest BCUT2D eigenvalue weighted by Gasteiger charge is 2.50. The number of esters is 1. The molecule has 1 saturated heterocycles. The van der Waals surface area contributed by atoms with Crippen LogP contribution in [0.5, 0.6) is 0 Å². The number of benzene rings is 1. The molecular weight excluding hydrogens is 372 g/mol. The molecule has 1 aliphatic heterocycles.